The number of aromatic nitrogens is 4. The second-order valence-electron chi connectivity index (χ2n) is 12.0. The molecule has 6 rings (SSSR count). The van der Waals surface area contributed by atoms with E-state index >= 15 is 4.39 Å². The summed E-state index contributed by atoms with van der Waals surface area (Å²) in [7, 11) is 1.58. The van der Waals surface area contributed by atoms with Gasteiger partial charge in [0, 0.05) is 41.9 Å². The SMILES string of the molecule is Cn1cc(-c2ccnc(-n3ncc4cc(C(C)(C)C)cc(F)c4c3=O)c2CO)cc(NC(=O)[C@@H]2CC23CC3)c1=O. The molecule has 9 nitrogen and oxygen atoms in total. The van der Waals surface area contributed by atoms with Gasteiger partial charge in [0.15, 0.2) is 5.82 Å². The zero-order chi connectivity index (χ0) is 28.6. The Bertz CT molecular complexity index is 1830. The molecule has 3 heterocycles. The van der Waals surface area contributed by atoms with Crippen LogP contribution < -0.4 is 16.4 Å². The van der Waals surface area contributed by atoms with Crippen LogP contribution in [0.25, 0.3) is 27.7 Å². The quantitative estimate of drug-likeness (QED) is 0.395. The van der Waals surface area contributed by atoms with Gasteiger partial charge in [-0.3, -0.25) is 14.4 Å². The Morgan fingerprint density at radius 1 is 1.20 bits per heavy atom. The third kappa shape index (κ3) is 4.23. The van der Waals surface area contributed by atoms with Crippen LogP contribution in [0.15, 0.2) is 52.4 Å². The first-order valence-electron chi connectivity index (χ1n) is 13.3. The van der Waals surface area contributed by atoms with Crippen molar-refractivity contribution in [3.8, 4) is 16.9 Å². The van der Waals surface area contributed by atoms with Crippen molar-refractivity contribution in [3.63, 3.8) is 0 Å². The average Bonchev–Trinajstić information content (AvgIpc) is 3.84. The van der Waals surface area contributed by atoms with Crippen molar-refractivity contribution in [1.82, 2.24) is 19.3 Å². The van der Waals surface area contributed by atoms with Gasteiger partial charge in [0.2, 0.25) is 5.91 Å². The summed E-state index contributed by atoms with van der Waals surface area (Å²) in [4.78, 5) is 43.4. The lowest BCUT2D eigenvalue weighted by atomic mass is 9.86. The lowest BCUT2D eigenvalue weighted by molar-refractivity contribution is -0.117. The Balaban J connectivity index is 1.44. The number of hydrogen-bond acceptors (Lipinski definition) is 6. The molecule has 1 atom stereocenters. The molecule has 206 valence electrons. The predicted molar refractivity (Wildman–Crippen MR) is 149 cm³/mol. The standard InChI is InChI=1S/C30H30FN5O4/c1-29(2,3)18-9-16-13-33-36(28(40)24(16)22(31)11-18)25-20(15-37)19(5-8-32-25)17-10-23(27(39)35(4)14-17)34-26(38)21-12-30(21)6-7-30/h5,8-11,13-14,21,37H,6-7,12,15H2,1-4H3,(H,34,38)/t21-/m0/s1. The van der Waals surface area contributed by atoms with E-state index in [1.165, 1.54) is 23.0 Å². The number of pyridine rings is 2. The van der Waals surface area contributed by atoms with Gasteiger partial charge in [-0.05, 0) is 65.5 Å². The maximum atomic E-state index is 15.2. The molecule has 1 spiro atoms. The molecule has 2 aliphatic carbocycles. The molecule has 2 saturated carbocycles. The van der Waals surface area contributed by atoms with Crippen molar-refractivity contribution >= 4 is 22.4 Å². The van der Waals surface area contributed by atoms with Gasteiger partial charge in [0.25, 0.3) is 11.1 Å². The molecule has 2 aliphatic rings. The number of fused-ring (bicyclic) bond motifs is 1. The highest BCUT2D eigenvalue weighted by molar-refractivity contribution is 5.96. The van der Waals surface area contributed by atoms with Crippen LogP contribution in [-0.2, 0) is 23.9 Å². The molecule has 0 saturated heterocycles. The fourth-order valence-electron chi connectivity index (χ4n) is 5.51. The lowest BCUT2D eigenvalue weighted by Crippen LogP contribution is -2.26. The van der Waals surface area contributed by atoms with Crippen LogP contribution in [0, 0.1) is 17.2 Å². The van der Waals surface area contributed by atoms with Crippen molar-refractivity contribution in [2.24, 2.45) is 18.4 Å². The Morgan fingerprint density at radius 2 is 1.95 bits per heavy atom. The molecule has 4 aromatic rings. The van der Waals surface area contributed by atoms with E-state index in [0.717, 1.165) is 29.5 Å². The van der Waals surface area contributed by atoms with E-state index in [0.29, 0.717) is 16.5 Å². The maximum absolute atomic E-state index is 15.2. The van der Waals surface area contributed by atoms with Crippen LogP contribution >= 0.6 is 0 Å². The van der Waals surface area contributed by atoms with Crippen molar-refractivity contribution in [2.75, 3.05) is 5.32 Å². The second kappa shape index (κ2) is 8.92. The first-order valence-corrected chi connectivity index (χ1v) is 13.3. The normalized spacial score (nSPS) is 17.3. The minimum atomic E-state index is -0.707. The molecular weight excluding hydrogens is 513 g/mol. The van der Waals surface area contributed by atoms with Gasteiger partial charge in [0.1, 0.15) is 11.5 Å². The Morgan fingerprint density at radius 3 is 2.60 bits per heavy atom. The number of aryl methyl sites for hydroxylation is 1. The Hall–Kier alpha value is -4.18. The smallest absolute Gasteiger partial charge is 0.283 e. The molecule has 1 aromatic carbocycles. The van der Waals surface area contributed by atoms with E-state index in [4.69, 9.17) is 0 Å². The minimum absolute atomic E-state index is 0.0410. The maximum Gasteiger partial charge on any atom is 0.283 e. The summed E-state index contributed by atoms with van der Waals surface area (Å²) in [5.74, 6) is -0.841. The van der Waals surface area contributed by atoms with Crippen LogP contribution in [0.1, 0.15) is 51.2 Å². The topological polar surface area (TPSA) is 119 Å². The van der Waals surface area contributed by atoms with Gasteiger partial charge in [-0.2, -0.15) is 9.78 Å². The number of rotatable bonds is 5. The van der Waals surface area contributed by atoms with Crippen molar-refractivity contribution < 1.29 is 14.3 Å². The molecule has 2 N–H and O–H groups in total. The van der Waals surface area contributed by atoms with Gasteiger partial charge < -0.3 is 15.0 Å². The zero-order valence-electron chi connectivity index (χ0n) is 22.8. The monoisotopic (exact) mass is 543 g/mol. The lowest BCUT2D eigenvalue weighted by Gasteiger charge is -2.20. The van der Waals surface area contributed by atoms with Gasteiger partial charge in [-0.25, -0.2) is 9.37 Å². The molecule has 40 heavy (non-hydrogen) atoms. The Kier molecular flexibility index (Phi) is 5.81. The summed E-state index contributed by atoms with van der Waals surface area (Å²) < 4.78 is 17.6. The summed E-state index contributed by atoms with van der Waals surface area (Å²) in [6.45, 7) is 5.36. The summed E-state index contributed by atoms with van der Waals surface area (Å²) in [6.07, 6.45) is 7.40. The van der Waals surface area contributed by atoms with E-state index in [1.807, 2.05) is 20.8 Å². The Labute approximate surface area is 229 Å². The zero-order valence-corrected chi connectivity index (χ0v) is 22.8. The highest BCUT2D eigenvalue weighted by Crippen LogP contribution is 2.70. The molecule has 0 radical (unpaired) electrons. The van der Waals surface area contributed by atoms with Gasteiger partial charge in [-0.1, -0.05) is 20.8 Å². The van der Waals surface area contributed by atoms with E-state index < -0.39 is 18.0 Å². The van der Waals surface area contributed by atoms with E-state index in [9.17, 15) is 19.5 Å². The number of nitrogens with one attached hydrogen (secondary N) is 1. The first kappa shape index (κ1) is 26.1. The fraction of sp³-hybridized carbons (Fsp3) is 0.367. The molecular formula is C30H30FN5O4. The number of anilines is 1. The molecule has 0 aliphatic heterocycles. The summed E-state index contributed by atoms with van der Waals surface area (Å²) in [6, 6.07) is 6.31. The van der Waals surface area contributed by atoms with E-state index in [2.05, 4.69) is 15.4 Å². The van der Waals surface area contributed by atoms with Gasteiger partial charge >= 0.3 is 0 Å². The van der Waals surface area contributed by atoms with Crippen molar-refractivity contribution in [3.05, 3.63) is 80.5 Å². The van der Waals surface area contributed by atoms with Crippen LogP contribution in [0.4, 0.5) is 10.1 Å². The van der Waals surface area contributed by atoms with Crippen LogP contribution in [0.5, 0.6) is 0 Å². The number of benzene rings is 1. The predicted octanol–water partition coefficient (Wildman–Crippen LogP) is 3.81. The first-order chi connectivity index (χ1) is 18.9. The number of carbonyl (C=O) groups excluding carboxylic acids is 1. The number of hydrogen-bond donors (Lipinski definition) is 2. The molecule has 2 fully saturated rings. The fourth-order valence-corrected chi connectivity index (χ4v) is 5.51. The van der Waals surface area contributed by atoms with Crippen molar-refractivity contribution in [1.29, 1.82) is 0 Å². The van der Waals surface area contributed by atoms with Crippen LogP contribution in [-0.4, -0.2) is 30.3 Å². The average molecular weight is 544 g/mol. The summed E-state index contributed by atoms with van der Waals surface area (Å²) in [5, 5.41) is 17.7. The largest absolute Gasteiger partial charge is 0.392 e. The van der Waals surface area contributed by atoms with Gasteiger partial charge in [0.05, 0.1) is 18.2 Å². The number of halogens is 1. The van der Waals surface area contributed by atoms with Crippen LogP contribution in [0.2, 0.25) is 0 Å². The van der Waals surface area contributed by atoms with Crippen LogP contribution in [0.3, 0.4) is 0 Å². The third-order valence-corrected chi connectivity index (χ3v) is 8.25. The molecule has 10 heteroatoms. The third-order valence-electron chi connectivity index (χ3n) is 8.25. The number of carbonyl (C=O) groups is 1. The highest BCUT2D eigenvalue weighted by Gasteiger charge is 2.65. The number of aliphatic hydroxyl groups is 1. The molecule has 1 amide bonds. The second-order valence-corrected chi connectivity index (χ2v) is 12.0. The molecule has 0 bridgehead atoms. The van der Waals surface area contributed by atoms with Crippen molar-refractivity contribution in [2.45, 2.75) is 52.1 Å². The number of nitrogens with zero attached hydrogens (tertiary/aromatic N) is 4. The summed E-state index contributed by atoms with van der Waals surface area (Å²) in [5.41, 5.74) is 0.894. The highest BCUT2D eigenvalue weighted by atomic mass is 19.1. The van der Waals surface area contributed by atoms with E-state index in [-0.39, 0.29) is 50.7 Å². The number of aliphatic hydroxyl groups excluding tert-OH is 1. The van der Waals surface area contributed by atoms with E-state index in [1.54, 1.807) is 31.4 Å². The summed E-state index contributed by atoms with van der Waals surface area (Å²) >= 11 is 0. The number of amides is 1. The van der Waals surface area contributed by atoms with Gasteiger partial charge in [-0.15, -0.1) is 0 Å². The molecule has 3 aromatic heterocycles. The minimum Gasteiger partial charge on any atom is -0.392 e. The molecule has 0 unspecified atom stereocenters.